The number of fused-ring (bicyclic) bond motifs is 1. The van der Waals surface area contributed by atoms with Gasteiger partial charge in [0, 0.05) is 23.6 Å². The molecule has 2 N–H and O–H groups in total. The van der Waals surface area contributed by atoms with Crippen LogP contribution < -0.4 is 5.32 Å². The Labute approximate surface area is 136 Å². The fourth-order valence-corrected chi connectivity index (χ4v) is 4.98. The molecule has 1 aromatic heterocycles. The van der Waals surface area contributed by atoms with Gasteiger partial charge < -0.3 is 10.3 Å². The van der Waals surface area contributed by atoms with Crippen LogP contribution in [0.3, 0.4) is 0 Å². The molecule has 124 valence electrons. The van der Waals surface area contributed by atoms with Gasteiger partial charge in [0.05, 0.1) is 17.4 Å². The maximum Gasteiger partial charge on any atom is 0.224 e. The van der Waals surface area contributed by atoms with E-state index in [0.717, 1.165) is 12.8 Å². The number of sulfone groups is 1. The third-order valence-electron chi connectivity index (χ3n) is 4.57. The summed E-state index contributed by atoms with van der Waals surface area (Å²) in [5, 5.41) is 4.07. The second kappa shape index (κ2) is 6.35. The van der Waals surface area contributed by atoms with Crippen molar-refractivity contribution in [1.82, 2.24) is 10.3 Å². The van der Waals surface area contributed by atoms with E-state index >= 15 is 0 Å². The third kappa shape index (κ3) is 3.42. The first-order valence-corrected chi connectivity index (χ1v) is 9.88. The van der Waals surface area contributed by atoms with E-state index in [-0.39, 0.29) is 23.3 Å². The van der Waals surface area contributed by atoms with E-state index in [1.807, 2.05) is 6.20 Å². The molecule has 6 heteroatoms. The molecule has 3 rings (SSSR count). The van der Waals surface area contributed by atoms with Gasteiger partial charge in [-0.2, -0.15) is 0 Å². The van der Waals surface area contributed by atoms with E-state index < -0.39 is 9.84 Å². The second-order valence-corrected chi connectivity index (χ2v) is 8.38. The van der Waals surface area contributed by atoms with E-state index in [0.29, 0.717) is 13.0 Å². The SMILES string of the molecule is CCc1cccc2c(CCNC(=O)[C@H]3CCS(=O)(=O)C3)c[nH]c12. The molecule has 0 aliphatic carbocycles. The summed E-state index contributed by atoms with van der Waals surface area (Å²) in [5.41, 5.74) is 3.63. The largest absolute Gasteiger partial charge is 0.361 e. The van der Waals surface area contributed by atoms with Crippen molar-refractivity contribution in [2.24, 2.45) is 5.92 Å². The first-order chi connectivity index (χ1) is 11.0. The summed E-state index contributed by atoms with van der Waals surface area (Å²) in [7, 11) is -3.01. The zero-order chi connectivity index (χ0) is 16.4. The predicted octanol–water partition coefficient (Wildman–Crippen LogP) is 1.82. The van der Waals surface area contributed by atoms with Crippen molar-refractivity contribution in [3.63, 3.8) is 0 Å². The summed E-state index contributed by atoms with van der Waals surface area (Å²) < 4.78 is 22.9. The predicted molar refractivity (Wildman–Crippen MR) is 91.2 cm³/mol. The van der Waals surface area contributed by atoms with Gasteiger partial charge in [-0.3, -0.25) is 4.79 Å². The number of hydrogen-bond acceptors (Lipinski definition) is 3. The molecular formula is C17H22N2O3S. The van der Waals surface area contributed by atoms with Crippen LogP contribution in [0, 0.1) is 5.92 Å². The van der Waals surface area contributed by atoms with Crippen molar-refractivity contribution in [2.75, 3.05) is 18.1 Å². The van der Waals surface area contributed by atoms with Crippen LogP contribution in [-0.2, 0) is 27.5 Å². The molecule has 0 bridgehead atoms. The summed E-state index contributed by atoms with van der Waals surface area (Å²) in [6.45, 7) is 2.66. The summed E-state index contributed by atoms with van der Waals surface area (Å²) >= 11 is 0. The monoisotopic (exact) mass is 334 g/mol. The Kier molecular flexibility index (Phi) is 4.43. The van der Waals surface area contributed by atoms with Gasteiger partial charge in [0.1, 0.15) is 0 Å². The first kappa shape index (κ1) is 16.1. The number of hydrogen-bond donors (Lipinski definition) is 2. The van der Waals surface area contributed by atoms with Gasteiger partial charge in [-0.15, -0.1) is 0 Å². The van der Waals surface area contributed by atoms with Crippen LogP contribution in [0.25, 0.3) is 10.9 Å². The summed E-state index contributed by atoms with van der Waals surface area (Å²) in [6, 6.07) is 6.26. The van der Waals surface area contributed by atoms with Crippen LogP contribution in [-0.4, -0.2) is 37.4 Å². The van der Waals surface area contributed by atoms with Crippen LogP contribution in [0.15, 0.2) is 24.4 Å². The Balaban J connectivity index is 1.60. The molecule has 0 radical (unpaired) electrons. The van der Waals surface area contributed by atoms with Gasteiger partial charge in [-0.05, 0) is 30.4 Å². The lowest BCUT2D eigenvalue weighted by Gasteiger charge is -2.09. The quantitative estimate of drug-likeness (QED) is 0.875. The van der Waals surface area contributed by atoms with Crippen molar-refractivity contribution >= 4 is 26.6 Å². The van der Waals surface area contributed by atoms with Crippen molar-refractivity contribution in [3.8, 4) is 0 Å². The molecule has 0 spiro atoms. The highest BCUT2D eigenvalue weighted by Crippen LogP contribution is 2.22. The third-order valence-corrected chi connectivity index (χ3v) is 6.33. The van der Waals surface area contributed by atoms with Crippen molar-refractivity contribution in [3.05, 3.63) is 35.5 Å². The van der Waals surface area contributed by atoms with Gasteiger partial charge in [-0.25, -0.2) is 8.42 Å². The molecule has 1 fully saturated rings. The molecule has 2 aromatic rings. The molecule has 0 saturated carbocycles. The fourth-order valence-electron chi connectivity index (χ4n) is 3.24. The normalized spacial score (nSPS) is 20.0. The van der Waals surface area contributed by atoms with Gasteiger partial charge in [0.25, 0.3) is 0 Å². The van der Waals surface area contributed by atoms with Crippen LogP contribution in [0.5, 0.6) is 0 Å². The Morgan fingerprint density at radius 3 is 2.87 bits per heavy atom. The minimum atomic E-state index is -3.01. The average Bonchev–Trinajstić information content (AvgIpc) is 3.10. The molecule has 1 aliphatic rings. The smallest absolute Gasteiger partial charge is 0.224 e. The molecule has 0 unspecified atom stereocenters. The summed E-state index contributed by atoms with van der Waals surface area (Å²) in [5.74, 6) is -0.395. The first-order valence-electron chi connectivity index (χ1n) is 8.06. The second-order valence-electron chi connectivity index (χ2n) is 6.15. The summed E-state index contributed by atoms with van der Waals surface area (Å²) in [4.78, 5) is 15.4. The minimum Gasteiger partial charge on any atom is -0.361 e. The minimum absolute atomic E-state index is 0.00816. The number of benzene rings is 1. The molecule has 5 nitrogen and oxygen atoms in total. The van der Waals surface area contributed by atoms with E-state index in [9.17, 15) is 13.2 Å². The fraction of sp³-hybridized carbons (Fsp3) is 0.471. The van der Waals surface area contributed by atoms with Crippen molar-refractivity contribution < 1.29 is 13.2 Å². The zero-order valence-electron chi connectivity index (χ0n) is 13.3. The average molecular weight is 334 g/mol. The van der Waals surface area contributed by atoms with E-state index in [1.54, 1.807) is 0 Å². The molecule has 1 aliphatic heterocycles. The molecule has 23 heavy (non-hydrogen) atoms. The van der Waals surface area contributed by atoms with Crippen LogP contribution in [0.1, 0.15) is 24.5 Å². The number of nitrogens with one attached hydrogen (secondary N) is 2. The number of rotatable bonds is 5. The van der Waals surface area contributed by atoms with Crippen LogP contribution in [0.4, 0.5) is 0 Å². The van der Waals surface area contributed by atoms with Gasteiger partial charge in [-0.1, -0.05) is 25.1 Å². The van der Waals surface area contributed by atoms with Crippen molar-refractivity contribution in [2.45, 2.75) is 26.2 Å². The number of H-pyrrole nitrogens is 1. The maximum atomic E-state index is 12.0. The molecular weight excluding hydrogens is 312 g/mol. The lowest BCUT2D eigenvalue weighted by molar-refractivity contribution is -0.124. The van der Waals surface area contributed by atoms with Gasteiger partial charge in [0.15, 0.2) is 9.84 Å². The molecule has 1 amide bonds. The Bertz CT molecular complexity index is 823. The lowest BCUT2D eigenvalue weighted by Crippen LogP contribution is -2.32. The Morgan fingerprint density at radius 2 is 2.17 bits per heavy atom. The number of aryl methyl sites for hydroxylation is 1. The van der Waals surface area contributed by atoms with E-state index in [4.69, 9.17) is 0 Å². The highest BCUT2D eigenvalue weighted by atomic mass is 32.2. The number of carbonyl (C=O) groups is 1. The zero-order valence-corrected chi connectivity index (χ0v) is 14.1. The topological polar surface area (TPSA) is 79.0 Å². The van der Waals surface area contributed by atoms with E-state index in [2.05, 4.69) is 35.4 Å². The number of para-hydroxylation sites is 1. The van der Waals surface area contributed by atoms with Crippen LogP contribution in [0.2, 0.25) is 0 Å². The van der Waals surface area contributed by atoms with Crippen molar-refractivity contribution in [1.29, 1.82) is 0 Å². The number of aromatic amines is 1. The van der Waals surface area contributed by atoms with Gasteiger partial charge >= 0.3 is 0 Å². The van der Waals surface area contributed by atoms with Gasteiger partial charge in [0.2, 0.25) is 5.91 Å². The number of aromatic nitrogens is 1. The van der Waals surface area contributed by atoms with Crippen LogP contribution >= 0.6 is 0 Å². The maximum absolute atomic E-state index is 12.0. The highest BCUT2D eigenvalue weighted by Gasteiger charge is 2.32. The highest BCUT2D eigenvalue weighted by molar-refractivity contribution is 7.91. The lowest BCUT2D eigenvalue weighted by atomic mass is 10.1. The molecule has 2 heterocycles. The molecule has 1 aromatic carbocycles. The standard InChI is InChI=1S/C17H22N2O3S/c1-2-12-4-3-5-15-13(10-19-16(12)15)6-8-18-17(20)14-7-9-23(21,22)11-14/h3-5,10,14,19H,2,6-9,11H2,1H3,(H,18,20)/t14-/m0/s1. The summed E-state index contributed by atoms with van der Waals surface area (Å²) in [6.07, 6.45) is 4.15. The number of amides is 1. The van der Waals surface area contributed by atoms with E-state index in [1.165, 1.54) is 22.0 Å². The molecule has 1 saturated heterocycles. The Morgan fingerprint density at radius 1 is 1.35 bits per heavy atom. The number of carbonyl (C=O) groups excluding carboxylic acids is 1. The molecule has 1 atom stereocenters. The Hall–Kier alpha value is -1.82.